The van der Waals surface area contributed by atoms with Crippen molar-refractivity contribution < 1.29 is 8.78 Å². The van der Waals surface area contributed by atoms with Crippen molar-refractivity contribution in [3.05, 3.63) is 35.1 Å². The first-order valence-electron chi connectivity index (χ1n) is 3.91. The van der Waals surface area contributed by atoms with Crippen LogP contribution in [-0.4, -0.2) is 6.54 Å². The van der Waals surface area contributed by atoms with E-state index in [1.165, 1.54) is 6.07 Å². The fourth-order valence-electron chi connectivity index (χ4n) is 1.52. The number of alkyl halides is 1. The number of rotatable bonds is 0. The van der Waals surface area contributed by atoms with Gasteiger partial charge in [0.05, 0.1) is 0 Å². The third-order valence-corrected chi connectivity index (χ3v) is 2.10. The number of halogens is 2. The lowest BCUT2D eigenvalue weighted by Gasteiger charge is -2.20. The molecule has 0 amide bonds. The molecule has 1 unspecified atom stereocenters. The van der Waals surface area contributed by atoms with Crippen LogP contribution in [0.3, 0.4) is 0 Å². The molecule has 0 radical (unpaired) electrons. The number of hydrogen-bond acceptors (Lipinski definition) is 1. The van der Waals surface area contributed by atoms with Crippen LogP contribution < -0.4 is 5.32 Å². The third-order valence-electron chi connectivity index (χ3n) is 2.10. The Morgan fingerprint density at radius 2 is 2.25 bits per heavy atom. The van der Waals surface area contributed by atoms with Crippen molar-refractivity contribution in [1.29, 1.82) is 0 Å². The van der Waals surface area contributed by atoms with Gasteiger partial charge in [-0.25, -0.2) is 8.78 Å². The van der Waals surface area contributed by atoms with Crippen LogP contribution in [0.4, 0.5) is 8.78 Å². The van der Waals surface area contributed by atoms with E-state index in [1.54, 1.807) is 12.1 Å². The topological polar surface area (TPSA) is 12.0 Å². The fourth-order valence-corrected chi connectivity index (χ4v) is 1.52. The zero-order valence-corrected chi connectivity index (χ0v) is 6.48. The van der Waals surface area contributed by atoms with Crippen molar-refractivity contribution in [2.45, 2.75) is 12.7 Å². The number of nitrogens with one attached hydrogen (secondary N) is 1. The molecule has 0 saturated heterocycles. The summed E-state index contributed by atoms with van der Waals surface area (Å²) in [6.07, 6.45) is -1.20. The summed E-state index contributed by atoms with van der Waals surface area (Å²) in [5.41, 5.74) is 0.963. The molecule has 0 aliphatic carbocycles. The van der Waals surface area contributed by atoms with Gasteiger partial charge in [-0.3, -0.25) is 0 Å². The van der Waals surface area contributed by atoms with Crippen LogP contribution in [-0.2, 0) is 6.54 Å². The predicted molar refractivity (Wildman–Crippen MR) is 42.0 cm³/mol. The van der Waals surface area contributed by atoms with Crippen molar-refractivity contribution in [3.63, 3.8) is 0 Å². The lowest BCUT2D eigenvalue weighted by Crippen LogP contribution is -2.26. The molecule has 1 aliphatic heterocycles. The van der Waals surface area contributed by atoms with Gasteiger partial charge in [-0.15, -0.1) is 0 Å². The average Bonchev–Trinajstić information content (AvgIpc) is 2.04. The SMILES string of the molecule is Fc1cccc2c1C(F)CNC2. The molecule has 1 nitrogen and oxygen atoms in total. The van der Waals surface area contributed by atoms with E-state index in [9.17, 15) is 8.78 Å². The van der Waals surface area contributed by atoms with Crippen LogP contribution >= 0.6 is 0 Å². The summed E-state index contributed by atoms with van der Waals surface area (Å²) in [7, 11) is 0. The Kier molecular flexibility index (Phi) is 1.81. The van der Waals surface area contributed by atoms with E-state index in [2.05, 4.69) is 5.32 Å². The van der Waals surface area contributed by atoms with Crippen molar-refractivity contribution in [2.75, 3.05) is 6.54 Å². The Labute approximate surface area is 69.4 Å². The second kappa shape index (κ2) is 2.83. The summed E-state index contributed by atoms with van der Waals surface area (Å²) in [5.74, 6) is -0.429. The largest absolute Gasteiger partial charge is 0.309 e. The molecule has 12 heavy (non-hydrogen) atoms. The minimum absolute atomic E-state index is 0.216. The minimum atomic E-state index is -1.20. The molecule has 0 aromatic heterocycles. The monoisotopic (exact) mass is 169 g/mol. The van der Waals surface area contributed by atoms with E-state index in [1.807, 2.05) is 0 Å². The molecule has 0 fully saturated rings. The molecule has 3 heteroatoms. The summed E-state index contributed by atoms with van der Waals surface area (Å²) in [5, 5.41) is 2.88. The molecular formula is C9H9F2N. The van der Waals surface area contributed by atoms with E-state index in [-0.39, 0.29) is 12.1 Å². The van der Waals surface area contributed by atoms with Gasteiger partial charge < -0.3 is 5.32 Å². The molecule has 0 spiro atoms. The molecule has 0 bridgehead atoms. The normalized spacial score (nSPS) is 22.0. The second-order valence-electron chi connectivity index (χ2n) is 2.91. The Balaban J connectivity index is 2.53. The summed E-state index contributed by atoms with van der Waals surface area (Å²) in [4.78, 5) is 0. The molecular weight excluding hydrogens is 160 g/mol. The van der Waals surface area contributed by atoms with Crippen LogP contribution in [0, 0.1) is 5.82 Å². The van der Waals surface area contributed by atoms with Gasteiger partial charge >= 0.3 is 0 Å². The second-order valence-corrected chi connectivity index (χ2v) is 2.91. The maximum absolute atomic E-state index is 13.1. The highest BCUT2D eigenvalue weighted by Crippen LogP contribution is 2.27. The summed E-state index contributed by atoms with van der Waals surface area (Å²) >= 11 is 0. The first-order chi connectivity index (χ1) is 5.79. The maximum atomic E-state index is 13.1. The van der Waals surface area contributed by atoms with Gasteiger partial charge in [0.25, 0.3) is 0 Å². The minimum Gasteiger partial charge on any atom is -0.309 e. The van der Waals surface area contributed by atoms with Crippen LogP contribution in [0.15, 0.2) is 18.2 Å². The Hall–Kier alpha value is -0.960. The highest BCUT2D eigenvalue weighted by atomic mass is 19.1. The smallest absolute Gasteiger partial charge is 0.141 e. The van der Waals surface area contributed by atoms with Crippen molar-refractivity contribution >= 4 is 0 Å². The standard InChI is InChI=1S/C9H9F2N/c10-7-3-1-2-6-4-12-5-8(11)9(6)7/h1-3,8,12H,4-5H2. The van der Waals surface area contributed by atoms with Crippen LogP contribution in [0.2, 0.25) is 0 Å². The Bertz CT molecular complexity index is 299. The fraction of sp³-hybridized carbons (Fsp3) is 0.333. The first kappa shape index (κ1) is 7.68. The van der Waals surface area contributed by atoms with Crippen LogP contribution in [0.25, 0.3) is 0 Å². The Morgan fingerprint density at radius 3 is 3.00 bits per heavy atom. The van der Waals surface area contributed by atoms with Crippen molar-refractivity contribution in [2.24, 2.45) is 0 Å². The molecule has 1 aromatic carbocycles. The molecule has 1 heterocycles. The maximum Gasteiger partial charge on any atom is 0.141 e. The van der Waals surface area contributed by atoms with Gasteiger partial charge in [0.2, 0.25) is 0 Å². The number of hydrogen-bond donors (Lipinski definition) is 1. The first-order valence-corrected chi connectivity index (χ1v) is 3.91. The van der Waals surface area contributed by atoms with Gasteiger partial charge in [-0.1, -0.05) is 12.1 Å². The molecule has 1 aromatic rings. The third kappa shape index (κ3) is 1.10. The molecule has 0 saturated carbocycles. The van der Waals surface area contributed by atoms with Gasteiger partial charge in [0.15, 0.2) is 0 Å². The zero-order valence-electron chi connectivity index (χ0n) is 6.48. The highest BCUT2D eigenvalue weighted by molar-refractivity contribution is 5.32. The van der Waals surface area contributed by atoms with E-state index in [0.717, 1.165) is 5.56 Å². The summed E-state index contributed by atoms with van der Waals surface area (Å²) < 4.78 is 26.2. The van der Waals surface area contributed by atoms with E-state index >= 15 is 0 Å². The zero-order chi connectivity index (χ0) is 8.55. The van der Waals surface area contributed by atoms with Crippen molar-refractivity contribution in [1.82, 2.24) is 5.32 Å². The van der Waals surface area contributed by atoms with Gasteiger partial charge in [0, 0.05) is 18.7 Å². The Morgan fingerprint density at radius 1 is 1.42 bits per heavy atom. The average molecular weight is 169 g/mol. The van der Waals surface area contributed by atoms with Gasteiger partial charge in [-0.05, 0) is 11.6 Å². The molecule has 64 valence electrons. The van der Waals surface area contributed by atoms with E-state index in [4.69, 9.17) is 0 Å². The molecule has 1 N–H and O–H groups in total. The van der Waals surface area contributed by atoms with E-state index in [0.29, 0.717) is 6.54 Å². The van der Waals surface area contributed by atoms with Gasteiger partial charge in [-0.2, -0.15) is 0 Å². The highest BCUT2D eigenvalue weighted by Gasteiger charge is 2.21. The summed E-state index contributed by atoms with van der Waals surface area (Å²) in [6.45, 7) is 0.779. The molecule has 1 atom stereocenters. The predicted octanol–water partition coefficient (Wildman–Crippen LogP) is 1.94. The quantitative estimate of drug-likeness (QED) is 0.625. The number of fused-ring (bicyclic) bond motifs is 1. The summed E-state index contributed by atoms with van der Waals surface area (Å²) in [6, 6.07) is 4.65. The molecule has 2 rings (SSSR count). The van der Waals surface area contributed by atoms with E-state index < -0.39 is 12.0 Å². The lowest BCUT2D eigenvalue weighted by atomic mass is 9.99. The number of benzene rings is 1. The van der Waals surface area contributed by atoms with Gasteiger partial charge in [0.1, 0.15) is 12.0 Å². The van der Waals surface area contributed by atoms with Crippen LogP contribution in [0.1, 0.15) is 17.3 Å². The van der Waals surface area contributed by atoms with Crippen LogP contribution in [0.5, 0.6) is 0 Å². The lowest BCUT2D eigenvalue weighted by molar-refractivity contribution is 0.300. The molecule has 1 aliphatic rings. The van der Waals surface area contributed by atoms with Crippen molar-refractivity contribution in [3.8, 4) is 0 Å².